The summed E-state index contributed by atoms with van der Waals surface area (Å²) in [7, 11) is 1.62. The first-order valence-electron chi connectivity index (χ1n) is 10.6. The Labute approximate surface area is 180 Å². The average molecular weight is 411 g/mol. The molecule has 0 saturated heterocycles. The first-order valence-corrected chi connectivity index (χ1v) is 10.6. The molecule has 0 radical (unpaired) electrons. The number of amides is 2. The van der Waals surface area contributed by atoms with Crippen LogP contribution in [0.15, 0.2) is 48.5 Å². The molecule has 2 aromatic carbocycles. The fourth-order valence-corrected chi connectivity index (χ4v) is 3.25. The molecule has 0 aromatic heterocycles. The molecule has 0 unspecified atom stereocenters. The van der Waals surface area contributed by atoms with Crippen molar-refractivity contribution < 1.29 is 14.3 Å². The minimum absolute atomic E-state index is 0.0231. The second kappa shape index (κ2) is 11.4. The maximum Gasteiger partial charge on any atom is 0.242 e. The van der Waals surface area contributed by atoms with E-state index in [1.807, 2.05) is 38.1 Å². The van der Waals surface area contributed by atoms with Crippen LogP contribution in [-0.4, -0.2) is 35.9 Å². The molecule has 1 atom stereocenters. The van der Waals surface area contributed by atoms with E-state index in [2.05, 4.69) is 36.5 Å². The molecule has 0 aliphatic carbocycles. The standard InChI is InChI=1S/C25H34N2O3/c1-6-20-7-9-21(10-8-20)13-16-24(28)27(19(4)25(29)26-18(2)3)17-22-11-14-23(30-5)15-12-22/h7-12,14-15,18-19H,6,13,16-17H2,1-5H3,(H,26,29)/t19-/m0/s1. The third-order valence-corrected chi connectivity index (χ3v) is 5.17. The number of carbonyl (C=O) groups excluding carboxylic acids is 2. The number of benzene rings is 2. The van der Waals surface area contributed by atoms with Crippen molar-refractivity contribution in [2.24, 2.45) is 0 Å². The van der Waals surface area contributed by atoms with E-state index < -0.39 is 6.04 Å². The van der Waals surface area contributed by atoms with Gasteiger partial charge < -0.3 is 15.0 Å². The van der Waals surface area contributed by atoms with Crippen LogP contribution >= 0.6 is 0 Å². The quantitative estimate of drug-likeness (QED) is 0.641. The van der Waals surface area contributed by atoms with Gasteiger partial charge in [0, 0.05) is 19.0 Å². The van der Waals surface area contributed by atoms with Crippen LogP contribution in [0.3, 0.4) is 0 Å². The highest BCUT2D eigenvalue weighted by molar-refractivity contribution is 5.87. The lowest BCUT2D eigenvalue weighted by atomic mass is 10.0. The Hall–Kier alpha value is -2.82. The smallest absolute Gasteiger partial charge is 0.242 e. The zero-order valence-electron chi connectivity index (χ0n) is 18.8. The largest absolute Gasteiger partial charge is 0.497 e. The minimum Gasteiger partial charge on any atom is -0.497 e. The Bertz CT molecular complexity index is 813. The molecular formula is C25H34N2O3. The third kappa shape index (κ3) is 6.90. The number of aryl methyl sites for hydroxylation is 2. The molecule has 2 amide bonds. The van der Waals surface area contributed by atoms with E-state index >= 15 is 0 Å². The zero-order chi connectivity index (χ0) is 22.1. The summed E-state index contributed by atoms with van der Waals surface area (Å²) >= 11 is 0. The van der Waals surface area contributed by atoms with Crippen molar-refractivity contribution in [3.8, 4) is 5.75 Å². The highest BCUT2D eigenvalue weighted by Gasteiger charge is 2.26. The summed E-state index contributed by atoms with van der Waals surface area (Å²) in [6.07, 6.45) is 2.01. The average Bonchev–Trinajstić information content (AvgIpc) is 2.75. The van der Waals surface area contributed by atoms with Gasteiger partial charge in [-0.3, -0.25) is 9.59 Å². The number of nitrogens with one attached hydrogen (secondary N) is 1. The topological polar surface area (TPSA) is 58.6 Å². The van der Waals surface area contributed by atoms with E-state index in [0.29, 0.717) is 19.4 Å². The van der Waals surface area contributed by atoms with Crippen molar-refractivity contribution in [1.29, 1.82) is 0 Å². The van der Waals surface area contributed by atoms with Gasteiger partial charge in [-0.15, -0.1) is 0 Å². The molecule has 0 aliphatic rings. The third-order valence-electron chi connectivity index (χ3n) is 5.17. The van der Waals surface area contributed by atoms with Gasteiger partial charge in [0.15, 0.2) is 0 Å². The molecule has 0 spiro atoms. The van der Waals surface area contributed by atoms with E-state index in [1.165, 1.54) is 5.56 Å². The minimum atomic E-state index is -0.551. The number of hydrogen-bond acceptors (Lipinski definition) is 3. The Kier molecular flexibility index (Phi) is 8.90. The molecule has 0 aliphatic heterocycles. The Morgan fingerprint density at radius 3 is 2.03 bits per heavy atom. The van der Waals surface area contributed by atoms with Gasteiger partial charge in [-0.05, 0) is 62.4 Å². The van der Waals surface area contributed by atoms with Crippen molar-refractivity contribution in [3.05, 3.63) is 65.2 Å². The zero-order valence-corrected chi connectivity index (χ0v) is 18.8. The van der Waals surface area contributed by atoms with E-state index in [0.717, 1.165) is 23.3 Å². The van der Waals surface area contributed by atoms with Gasteiger partial charge in [0.05, 0.1) is 7.11 Å². The normalized spacial score (nSPS) is 11.8. The number of carbonyl (C=O) groups is 2. The van der Waals surface area contributed by atoms with Crippen LogP contribution in [0.5, 0.6) is 5.75 Å². The van der Waals surface area contributed by atoms with Crippen molar-refractivity contribution in [2.75, 3.05) is 7.11 Å². The maximum atomic E-state index is 13.1. The number of nitrogens with zero attached hydrogens (tertiary/aromatic N) is 1. The predicted octanol–water partition coefficient (Wildman–Crippen LogP) is 4.13. The van der Waals surface area contributed by atoms with E-state index in [4.69, 9.17) is 4.74 Å². The number of methoxy groups -OCH3 is 1. The second-order valence-electron chi connectivity index (χ2n) is 7.88. The van der Waals surface area contributed by atoms with Gasteiger partial charge in [-0.25, -0.2) is 0 Å². The highest BCUT2D eigenvalue weighted by atomic mass is 16.5. The van der Waals surface area contributed by atoms with Gasteiger partial charge >= 0.3 is 0 Å². The van der Waals surface area contributed by atoms with Crippen LogP contribution in [0.2, 0.25) is 0 Å². The van der Waals surface area contributed by atoms with Crippen molar-refractivity contribution in [2.45, 2.75) is 65.6 Å². The molecule has 2 rings (SSSR count). The summed E-state index contributed by atoms with van der Waals surface area (Å²) in [5, 5.41) is 2.92. The molecule has 5 heteroatoms. The number of hydrogen-bond donors (Lipinski definition) is 1. The first-order chi connectivity index (χ1) is 14.3. The summed E-state index contributed by atoms with van der Waals surface area (Å²) in [5.41, 5.74) is 3.37. The van der Waals surface area contributed by atoms with E-state index in [9.17, 15) is 9.59 Å². The van der Waals surface area contributed by atoms with Crippen LogP contribution in [0.25, 0.3) is 0 Å². The molecule has 0 fully saturated rings. The van der Waals surface area contributed by atoms with Crippen LogP contribution in [0.4, 0.5) is 0 Å². The molecule has 0 bridgehead atoms. The first kappa shape index (κ1) is 23.5. The summed E-state index contributed by atoms with van der Waals surface area (Å²) in [6.45, 7) is 8.12. The summed E-state index contributed by atoms with van der Waals surface area (Å²) < 4.78 is 5.21. The molecular weight excluding hydrogens is 376 g/mol. The Morgan fingerprint density at radius 2 is 1.50 bits per heavy atom. The highest BCUT2D eigenvalue weighted by Crippen LogP contribution is 2.17. The van der Waals surface area contributed by atoms with Gasteiger partial charge in [-0.2, -0.15) is 0 Å². The van der Waals surface area contributed by atoms with Crippen LogP contribution in [-0.2, 0) is 29.0 Å². The van der Waals surface area contributed by atoms with Crippen LogP contribution in [0, 0.1) is 0 Å². The summed E-state index contributed by atoms with van der Waals surface area (Å²) in [5.74, 6) is 0.591. The van der Waals surface area contributed by atoms with Crippen molar-refractivity contribution >= 4 is 11.8 Å². The van der Waals surface area contributed by atoms with Crippen molar-refractivity contribution in [1.82, 2.24) is 10.2 Å². The molecule has 5 nitrogen and oxygen atoms in total. The fraction of sp³-hybridized carbons (Fsp3) is 0.440. The van der Waals surface area contributed by atoms with Crippen LogP contribution < -0.4 is 10.1 Å². The fourth-order valence-electron chi connectivity index (χ4n) is 3.25. The SMILES string of the molecule is CCc1ccc(CCC(=O)N(Cc2ccc(OC)cc2)[C@@H](C)C(=O)NC(C)C)cc1. The second-order valence-corrected chi connectivity index (χ2v) is 7.88. The maximum absolute atomic E-state index is 13.1. The summed E-state index contributed by atoms with van der Waals surface area (Å²) in [6, 6.07) is 15.4. The lowest BCUT2D eigenvalue weighted by Crippen LogP contribution is -2.49. The van der Waals surface area contributed by atoms with Gasteiger partial charge in [-0.1, -0.05) is 43.3 Å². The number of ether oxygens (including phenoxy) is 1. The molecule has 162 valence electrons. The van der Waals surface area contributed by atoms with E-state index in [-0.39, 0.29) is 17.9 Å². The van der Waals surface area contributed by atoms with E-state index in [1.54, 1.807) is 18.9 Å². The monoisotopic (exact) mass is 410 g/mol. The Morgan fingerprint density at radius 1 is 0.933 bits per heavy atom. The van der Waals surface area contributed by atoms with Crippen LogP contribution in [0.1, 0.15) is 50.8 Å². The van der Waals surface area contributed by atoms with Gasteiger partial charge in [0.25, 0.3) is 0 Å². The molecule has 0 heterocycles. The molecule has 2 aromatic rings. The Balaban J connectivity index is 2.12. The van der Waals surface area contributed by atoms with Gasteiger partial charge in [0.2, 0.25) is 11.8 Å². The molecule has 30 heavy (non-hydrogen) atoms. The summed E-state index contributed by atoms with van der Waals surface area (Å²) in [4.78, 5) is 27.4. The van der Waals surface area contributed by atoms with Gasteiger partial charge in [0.1, 0.15) is 11.8 Å². The van der Waals surface area contributed by atoms with Crippen molar-refractivity contribution in [3.63, 3.8) is 0 Å². The number of rotatable bonds is 10. The predicted molar refractivity (Wildman–Crippen MR) is 120 cm³/mol. The molecule has 0 saturated carbocycles. The lowest BCUT2D eigenvalue weighted by molar-refractivity contribution is -0.140. The lowest BCUT2D eigenvalue weighted by Gasteiger charge is -2.29. The molecule has 1 N–H and O–H groups in total.